The molecule has 1 N–H and O–H groups in total. The lowest BCUT2D eigenvalue weighted by molar-refractivity contribution is 0.230. The molecule has 21 heavy (non-hydrogen) atoms. The van der Waals surface area contributed by atoms with E-state index < -0.39 is 0 Å². The third-order valence-corrected chi connectivity index (χ3v) is 4.46. The van der Waals surface area contributed by atoms with E-state index in [9.17, 15) is 0 Å². The van der Waals surface area contributed by atoms with Gasteiger partial charge in [-0.2, -0.15) is 0 Å². The van der Waals surface area contributed by atoms with Crippen molar-refractivity contribution in [3.63, 3.8) is 0 Å². The van der Waals surface area contributed by atoms with E-state index in [1.807, 2.05) is 12.4 Å². The topological polar surface area (TPSA) is 44.3 Å². The van der Waals surface area contributed by atoms with E-state index in [-0.39, 0.29) is 0 Å². The van der Waals surface area contributed by atoms with Gasteiger partial charge in [0.05, 0.1) is 18.1 Å². The number of nitrogens with zero attached hydrogens (tertiary/aromatic N) is 4. The van der Waals surface area contributed by atoms with E-state index in [0.717, 1.165) is 43.7 Å². The van der Waals surface area contributed by atoms with Gasteiger partial charge in [-0.1, -0.05) is 13.8 Å². The molecular formula is C16H27N5. The maximum absolute atomic E-state index is 4.62. The van der Waals surface area contributed by atoms with E-state index in [4.69, 9.17) is 0 Å². The first-order chi connectivity index (χ1) is 10.2. The lowest BCUT2D eigenvalue weighted by Crippen LogP contribution is -2.50. The fraction of sp³-hybridized carbons (Fsp3) is 0.750. The summed E-state index contributed by atoms with van der Waals surface area (Å²) >= 11 is 0. The fourth-order valence-electron chi connectivity index (χ4n) is 3.29. The van der Waals surface area contributed by atoms with Crippen LogP contribution in [0.3, 0.4) is 0 Å². The molecule has 0 radical (unpaired) electrons. The summed E-state index contributed by atoms with van der Waals surface area (Å²) in [5, 5.41) is 3.41. The van der Waals surface area contributed by atoms with Crippen molar-refractivity contribution < 1.29 is 0 Å². The van der Waals surface area contributed by atoms with Crippen LogP contribution in [-0.4, -0.2) is 53.6 Å². The number of aromatic nitrogens is 2. The maximum Gasteiger partial charge on any atom is 0.147 e. The van der Waals surface area contributed by atoms with Crippen LogP contribution in [0.5, 0.6) is 0 Å². The van der Waals surface area contributed by atoms with Crippen LogP contribution in [0.2, 0.25) is 0 Å². The molecule has 3 rings (SSSR count). The molecule has 5 nitrogen and oxygen atoms in total. The van der Waals surface area contributed by atoms with Gasteiger partial charge in [0.25, 0.3) is 0 Å². The number of piperazine rings is 1. The summed E-state index contributed by atoms with van der Waals surface area (Å²) in [6, 6.07) is 0.730. The minimum Gasteiger partial charge on any atom is -0.352 e. The lowest BCUT2D eigenvalue weighted by Gasteiger charge is -2.37. The largest absolute Gasteiger partial charge is 0.352 e. The molecule has 0 amide bonds. The number of hydrogen-bond donors (Lipinski definition) is 1. The van der Waals surface area contributed by atoms with Crippen LogP contribution in [0, 0.1) is 5.92 Å². The van der Waals surface area contributed by atoms with Crippen LogP contribution in [0.15, 0.2) is 12.4 Å². The van der Waals surface area contributed by atoms with Crippen molar-refractivity contribution in [2.45, 2.75) is 39.3 Å². The Balaban J connectivity index is 1.54. The minimum atomic E-state index is 0.667. The summed E-state index contributed by atoms with van der Waals surface area (Å²) < 4.78 is 0. The van der Waals surface area contributed by atoms with Crippen molar-refractivity contribution in [2.75, 3.05) is 37.6 Å². The van der Waals surface area contributed by atoms with E-state index in [2.05, 4.69) is 38.9 Å². The standard InChI is InChI=1S/C16H27N5/c1-13(2)8-17-9-14-10-19-16(11-18-14)21-7-6-20-5-3-4-15(20)12-21/h10-11,13,15,17H,3-9,12H2,1-2H3. The zero-order valence-electron chi connectivity index (χ0n) is 13.3. The maximum atomic E-state index is 4.62. The smallest absolute Gasteiger partial charge is 0.147 e. The van der Waals surface area contributed by atoms with Gasteiger partial charge in [-0.15, -0.1) is 0 Å². The van der Waals surface area contributed by atoms with Gasteiger partial charge in [0, 0.05) is 32.2 Å². The van der Waals surface area contributed by atoms with Crippen molar-refractivity contribution in [1.82, 2.24) is 20.2 Å². The molecule has 0 saturated carbocycles. The zero-order chi connectivity index (χ0) is 14.7. The van der Waals surface area contributed by atoms with Crippen molar-refractivity contribution in [3.05, 3.63) is 18.1 Å². The van der Waals surface area contributed by atoms with Crippen molar-refractivity contribution in [1.29, 1.82) is 0 Å². The molecule has 2 saturated heterocycles. The second-order valence-corrected chi connectivity index (χ2v) is 6.67. The molecule has 2 fully saturated rings. The molecule has 1 unspecified atom stereocenters. The van der Waals surface area contributed by atoms with Gasteiger partial charge in [-0.25, -0.2) is 4.98 Å². The summed E-state index contributed by atoms with van der Waals surface area (Å²) in [5.74, 6) is 1.70. The van der Waals surface area contributed by atoms with Gasteiger partial charge in [-0.05, 0) is 31.8 Å². The van der Waals surface area contributed by atoms with Crippen molar-refractivity contribution in [3.8, 4) is 0 Å². The third-order valence-electron chi connectivity index (χ3n) is 4.46. The molecule has 0 bridgehead atoms. The molecule has 1 aromatic heterocycles. The summed E-state index contributed by atoms with van der Waals surface area (Å²) in [7, 11) is 0. The third kappa shape index (κ3) is 3.71. The van der Waals surface area contributed by atoms with Crippen LogP contribution < -0.4 is 10.2 Å². The van der Waals surface area contributed by atoms with Crippen LogP contribution in [0.1, 0.15) is 32.4 Å². The number of hydrogen-bond acceptors (Lipinski definition) is 5. The molecule has 0 spiro atoms. The Labute approximate surface area is 127 Å². The highest BCUT2D eigenvalue weighted by molar-refractivity contribution is 5.37. The summed E-state index contributed by atoms with van der Waals surface area (Å²) in [4.78, 5) is 14.2. The quantitative estimate of drug-likeness (QED) is 0.890. The average molecular weight is 289 g/mol. The molecule has 0 aromatic carbocycles. The Kier molecular flexibility index (Phi) is 4.70. The Morgan fingerprint density at radius 2 is 2.14 bits per heavy atom. The molecule has 1 aromatic rings. The number of rotatable bonds is 5. The van der Waals surface area contributed by atoms with E-state index in [1.54, 1.807) is 0 Å². The highest BCUT2D eigenvalue weighted by atomic mass is 15.3. The zero-order valence-corrected chi connectivity index (χ0v) is 13.3. The summed E-state index contributed by atoms with van der Waals surface area (Å²) in [6.07, 6.45) is 6.55. The second-order valence-electron chi connectivity index (χ2n) is 6.67. The van der Waals surface area contributed by atoms with Crippen LogP contribution in [0.4, 0.5) is 5.82 Å². The first-order valence-corrected chi connectivity index (χ1v) is 8.23. The van der Waals surface area contributed by atoms with E-state index in [0.29, 0.717) is 5.92 Å². The molecule has 2 aliphatic rings. The summed E-state index contributed by atoms with van der Waals surface area (Å²) in [5.41, 5.74) is 1.03. The van der Waals surface area contributed by atoms with Gasteiger partial charge in [0.15, 0.2) is 0 Å². The van der Waals surface area contributed by atoms with Crippen LogP contribution >= 0.6 is 0 Å². The van der Waals surface area contributed by atoms with Crippen molar-refractivity contribution >= 4 is 5.82 Å². The molecule has 5 heteroatoms. The predicted molar refractivity (Wildman–Crippen MR) is 85.4 cm³/mol. The van der Waals surface area contributed by atoms with Gasteiger partial charge < -0.3 is 10.2 Å². The number of fused-ring (bicyclic) bond motifs is 1. The lowest BCUT2D eigenvalue weighted by atomic mass is 10.1. The summed E-state index contributed by atoms with van der Waals surface area (Å²) in [6.45, 7) is 10.9. The van der Waals surface area contributed by atoms with Gasteiger partial charge >= 0.3 is 0 Å². The van der Waals surface area contributed by atoms with E-state index in [1.165, 1.54) is 25.9 Å². The van der Waals surface area contributed by atoms with Gasteiger partial charge in [0.2, 0.25) is 0 Å². The SMILES string of the molecule is CC(C)CNCc1cnc(N2CCN3CCCC3C2)cn1. The first kappa shape index (κ1) is 14.7. The molecular weight excluding hydrogens is 262 g/mol. The van der Waals surface area contributed by atoms with Crippen LogP contribution in [0.25, 0.3) is 0 Å². The Bertz CT molecular complexity index is 444. The Morgan fingerprint density at radius 1 is 1.24 bits per heavy atom. The minimum absolute atomic E-state index is 0.667. The Morgan fingerprint density at radius 3 is 2.90 bits per heavy atom. The number of anilines is 1. The van der Waals surface area contributed by atoms with Gasteiger partial charge in [-0.3, -0.25) is 9.88 Å². The molecule has 116 valence electrons. The number of nitrogens with one attached hydrogen (secondary N) is 1. The fourth-order valence-corrected chi connectivity index (χ4v) is 3.29. The van der Waals surface area contributed by atoms with E-state index >= 15 is 0 Å². The highest BCUT2D eigenvalue weighted by Crippen LogP contribution is 2.23. The Hall–Kier alpha value is -1.20. The normalized spacial score (nSPS) is 22.8. The molecule has 3 heterocycles. The molecule has 0 aliphatic carbocycles. The predicted octanol–water partition coefficient (Wildman–Crippen LogP) is 1.51. The average Bonchev–Trinajstić information content (AvgIpc) is 2.95. The molecule has 2 aliphatic heterocycles. The monoisotopic (exact) mass is 289 g/mol. The van der Waals surface area contributed by atoms with Gasteiger partial charge in [0.1, 0.15) is 5.82 Å². The molecule has 1 atom stereocenters. The highest BCUT2D eigenvalue weighted by Gasteiger charge is 2.30. The first-order valence-electron chi connectivity index (χ1n) is 8.23. The van der Waals surface area contributed by atoms with Crippen molar-refractivity contribution in [2.24, 2.45) is 5.92 Å². The van der Waals surface area contributed by atoms with Crippen LogP contribution in [-0.2, 0) is 6.54 Å². The second kappa shape index (κ2) is 6.71.